The smallest absolute Gasteiger partial charge is 0.325 e. The number of H-pyrrole nitrogens is 1. The van der Waals surface area contributed by atoms with Gasteiger partial charge in [-0.05, 0) is 6.42 Å². The minimum absolute atomic E-state index is 0.0712. The zero-order chi connectivity index (χ0) is 15.6. The van der Waals surface area contributed by atoms with E-state index < -0.39 is 25.4 Å². The lowest BCUT2D eigenvalue weighted by Crippen LogP contribution is -2.29. The van der Waals surface area contributed by atoms with Crippen LogP contribution in [0.4, 0.5) is 17.5 Å². The molecule has 0 amide bonds. The van der Waals surface area contributed by atoms with Gasteiger partial charge in [0.05, 0.1) is 12.3 Å². The minimum atomic E-state index is -4.15. The topological polar surface area (TPSA) is 174 Å². The zero-order valence-electron chi connectivity index (χ0n) is 10.9. The second-order valence-corrected chi connectivity index (χ2v) is 6.27. The van der Waals surface area contributed by atoms with Crippen molar-refractivity contribution in [1.82, 2.24) is 9.97 Å². The highest BCUT2D eigenvalue weighted by molar-refractivity contribution is 7.51. The van der Waals surface area contributed by atoms with Crippen molar-refractivity contribution < 1.29 is 24.3 Å². The predicted octanol–water partition coefficient (Wildman–Crippen LogP) is -1.60. The van der Waals surface area contributed by atoms with Gasteiger partial charge in [-0.3, -0.25) is 19.2 Å². The Bertz CT molecular complexity index is 615. The van der Waals surface area contributed by atoms with Crippen LogP contribution in [0.15, 0.2) is 4.79 Å². The Morgan fingerprint density at radius 3 is 2.90 bits per heavy atom. The number of nitrogen functional groups attached to an aromatic ring is 1. The van der Waals surface area contributed by atoms with E-state index in [9.17, 15) is 14.5 Å². The van der Waals surface area contributed by atoms with Gasteiger partial charge in [0, 0.05) is 0 Å². The summed E-state index contributed by atoms with van der Waals surface area (Å²) in [5.74, 6) is 0.122. The van der Waals surface area contributed by atoms with Gasteiger partial charge in [0.1, 0.15) is 19.0 Å². The van der Waals surface area contributed by atoms with Crippen LogP contribution < -0.4 is 21.7 Å². The van der Waals surface area contributed by atoms with Crippen molar-refractivity contribution in [3.05, 3.63) is 10.4 Å². The van der Waals surface area contributed by atoms with E-state index in [2.05, 4.69) is 15.3 Å². The number of hydrogen-bond donors (Lipinski definition) is 6. The summed E-state index contributed by atoms with van der Waals surface area (Å²) >= 11 is 0. The van der Waals surface area contributed by atoms with Crippen molar-refractivity contribution in [2.24, 2.45) is 0 Å². The number of fused-ring (bicyclic) bond motifs is 1. The quantitative estimate of drug-likeness (QED) is 0.335. The molecule has 12 heteroatoms. The van der Waals surface area contributed by atoms with Gasteiger partial charge < -0.3 is 25.9 Å². The van der Waals surface area contributed by atoms with Gasteiger partial charge in [-0.25, -0.2) is 5.06 Å². The van der Waals surface area contributed by atoms with Gasteiger partial charge in [-0.1, -0.05) is 0 Å². The standard InChI is InChI=1S/C9H16N5O6P/c10-9-12-7-6(8(16)13-9)11-4-14(7)20-3-5(15)1-2-21(17,18)19/h5,11,15H,1-4H2,(H2,17,18,19)(H3,10,12,13,16). The Kier molecular flexibility index (Phi) is 4.49. The molecule has 1 aromatic heterocycles. The first-order valence-corrected chi connectivity index (χ1v) is 7.83. The van der Waals surface area contributed by atoms with E-state index in [0.717, 1.165) is 0 Å². The van der Waals surface area contributed by atoms with Crippen LogP contribution in [0.1, 0.15) is 6.42 Å². The Morgan fingerprint density at radius 2 is 2.24 bits per heavy atom. The van der Waals surface area contributed by atoms with E-state index in [1.807, 2.05) is 0 Å². The summed E-state index contributed by atoms with van der Waals surface area (Å²) in [4.78, 5) is 40.5. The maximum atomic E-state index is 11.6. The van der Waals surface area contributed by atoms with Crippen LogP contribution in [0.5, 0.6) is 0 Å². The van der Waals surface area contributed by atoms with Crippen LogP contribution in [0, 0.1) is 0 Å². The molecule has 21 heavy (non-hydrogen) atoms. The number of hydrogen-bond acceptors (Lipinski definition) is 8. The first-order valence-electron chi connectivity index (χ1n) is 6.03. The van der Waals surface area contributed by atoms with Crippen LogP contribution in [0.2, 0.25) is 0 Å². The lowest BCUT2D eigenvalue weighted by atomic mass is 10.3. The van der Waals surface area contributed by atoms with E-state index in [0.29, 0.717) is 0 Å². The minimum Gasteiger partial charge on any atom is -0.391 e. The van der Waals surface area contributed by atoms with Crippen molar-refractivity contribution in [2.45, 2.75) is 12.5 Å². The third-order valence-corrected chi connectivity index (χ3v) is 3.57. The van der Waals surface area contributed by atoms with E-state index >= 15 is 0 Å². The number of aromatic amines is 1. The summed E-state index contributed by atoms with van der Waals surface area (Å²) in [7, 11) is -4.15. The summed E-state index contributed by atoms with van der Waals surface area (Å²) in [6.45, 7) is -0.0599. The molecule has 1 atom stereocenters. The summed E-state index contributed by atoms with van der Waals surface area (Å²) in [5, 5.41) is 13.6. The molecule has 0 aromatic carbocycles. The fourth-order valence-corrected chi connectivity index (χ4v) is 2.36. The molecule has 0 spiro atoms. The molecule has 11 nitrogen and oxygen atoms in total. The van der Waals surface area contributed by atoms with Crippen molar-refractivity contribution in [3.8, 4) is 0 Å². The molecular weight excluding hydrogens is 305 g/mol. The molecule has 7 N–H and O–H groups in total. The monoisotopic (exact) mass is 321 g/mol. The van der Waals surface area contributed by atoms with Gasteiger partial charge in [-0.2, -0.15) is 4.98 Å². The Labute approximate surface area is 118 Å². The molecule has 0 radical (unpaired) electrons. The van der Waals surface area contributed by atoms with Gasteiger partial charge >= 0.3 is 7.60 Å². The molecule has 2 heterocycles. The highest BCUT2D eigenvalue weighted by atomic mass is 31.2. The van der Waals surface area contributed by atoms with Crippen molar-refractivity contribution in [2.75, 3.05) is 35.6 Å². The molecule has 1 aromatic rings. The van der Waals surface area contributed by atoms with Crippen molar-refractivity contribution >= 4 is 25.0 Å². The Balaban J connectivity index is 1.92. The van der Waals surface area contributed by atoms with Crippen LogP contribution in [-0.2, 0) is 9.40 Å². The third kappa shape index (κ3) is 4.16. The number of aliphatic hydroxyl groups excluding tert-OH is 1. The van der Waals surface area contributed by atoms with Gasteiger partial charge in [0.25, 0.3) is 5.56 Å². The molecule has 0 bridgehead atoms. The first-order chi connectivity index (χ1) is 9.76. The summed E-state index contributed by atoms with van der Waals surface area (Å²) in [6.07, 6.45) is -1.60. The molecule has 0 saturated carbocycles. The Morgan fingerprint density at radius 1 is 1.52 bits per heavy atom. The number of hydroxylamine groups is 1. The number of aliphatic hydroxyl groups is 1. The molecule has 2 rings (SSSR count). The molecule has 0 aliphatic carbocycles. The highest BCUT2D eigenvalue weighted by Gasteiger charge is 2.25. The molecule has 1 aliphatic heterocycles. The van der Waals surface area contributed by atoms with Crippen LogP contribution in [-0.4, -0.2) is 50.4 Å². The third-order valence-electron chi connectivity index (χ3n) is 2.73. The van der Waals surface area contributed by atoms with Crippen molar-refractivity contribution in [3.63, 3.8) is 0 Å². The molecular formula is C9H16N5O6P. The maximum absolute atomic E-state index is 11.6. The number of nitrogens with zero attached hydrogens (tertiary/aromatic N) is 2. The number of rotatable bonds is 6. The molecule has 0 saturated heterocycles. The Hall–Kier alpha value is -1.65. The average Bonchev–Trinajstić information content (AvgIpc) is 2.76. The number of aromatic nitrogens is 2. The van der Waals surface area contributed by atoms with Crippen molar-refractivity contribution in [1.29, 1.82) is 0 Å². The fourth-order valence-electron chi connectivity index (χ4n) is 1.73. The van der Waals surface area contributed by atoms with E-state index in [4.69, 9.17) is 20.4 Å². The van der Waals surface area contributed by atoms with Gasteiger partial charge in [0.15, 0.2) is 5.82 Å². The molecule has 1 unspecified atom stereocenters. The second-order valence-electron chi connectivity index (χ2n) is 4.49. The average molecular weight is 321 g/mol. The zero-order valence-corrected chi connectivity index (χ0v) is 11.8. The van der Waals surface area contributed by atoms with Crippen LogP contribution in [0.3, 0.4) is 0 Å². The van der Waals surface area contributed by atoms with Crippen LogP contribution >= 0.6 is 7.60 Å². The van der Waals surface area contributed by atoms with Gasteiger partial charge in [-0.15, -0.1) is 0 Å². The molecule has 118 valence electrons. The van der Waals surface area contributed by atoms with E-state index in [-0.39, 0.29) is 37.1 Å². The summed E-state index contributed by atoms with van der Waals surface area (Å²) < 4.78 is 10.7. The predicted molar refractivity (Wildman–Crippen MR) is 73.7 cm³/mol. The normalized spacial score (nSPS) is 15.7. The lowest BCUT2D eigenvalue weighted by Gasteiger charge is -2.19. The molecule has 1 aliphatic rings. The number of nitrogens with one attached hydrogen (secondary N) is 2. The van der Waals surface area contributed by atoms with E-state index in [1.165, 1.54) is 5.06 Å². The van der Waals surface area contributed by atoms with Crippen LogP contribution in [0.25, 0.3) is 0 Å². The van der Waals surface area contributed by atoms with E-state index in [1.54, 1.807) is 0 Å². The fraction of sp³-hybridized carbons (Fsp3) is 0.556. The maximum Gasteiger partial charge on any atom is 0.325 e. The first kappa shape index (κ1) is 15.7. The number of nitrogens with two attached hydrogens (primary N) is 1. The summed E-state index contributed by atoms with van der Waals surface area (Å²) in [5.41, 5.74) is 5.20. The SMILES string of the molecule is Nc1nc2c(c(=O)[nH]1)NCN2OCC(O)CCP(=O)(O)O. The lowest BCUT2D eigenvalue weighted by molar-refractivity contribution is 0.0241. The van der Waals surface area contributed by atoms with Gasteiger partial charge in [0.2, 0.25) is 5.95 Å². The highest BCUT2D eigenvalue weighted by Crippen LogP contribution is 2.35. The number of anilines is 3. The second kappa shape index (κ2) is 6.00. The largest absolute Gasteiger partial charge is 0.391 e. The molecule has 0 fully saturated rings. The summed E-state index contributed by atoms with van der Waals surface area (Å²) in [6, 6.07) is 0.